The summed E-state index contributed by atoms with van der Waals surface area (Å²) in [6.07, 6.45) is 8.03. The Morgan fingerprint density at radius 1 is 0.806 bits per heavy atom. The molecule has 0 fully saturated rings. The van der Waals surface area contributed by atoms with Gasteiger partial charge in [0, 0.05) is 5.56 Å². The van der Waals surface area contributed by atoms with Crippen LogP contribution in [-0.4, -0.2) is 45.4 Å². The SMILES string of the molecule is CCCCN(CCCC)CCCCCOc1c(-c2ccc(OC)c(OC)c2)oc2ccccc2c1=O. The van der Waals surface area contributed by atoms with E-state index in [2.05, 4.69) is 18.7 Å². The van der Waals surface area contributed by atoms with E-state index in [1.165, 1.54) is 38.8 Å². The summed E-state index contributed by atoms with van der Waals surface area (Å²) in [5.74, 6) is 1.82. The van der Waals surface area contributed by atoms with Crippen molar-refractivity contribution in [3.05, 3.63) is 52.7 Å². The van der Waals surface area contributed by atoms with E-state index in [0.717, 1.165) is 25.8 Å². The topological polar surface area (TPSA) is 61.1 Å². The van der Waals surface area contributed by atoms with E-state index in [-0.39, 0.29) is 11.2 Å². The zero-order chi connectivity index (χ0) is 25.8. The number of unbranched alkanes of at least 4 members (excludes halogenated alkanes) is 4. The molecule has 36 heavy (non-hydrogen) atoms. The zero-order valence-electron chi connectivity index (χ0n) is 22.3. The number of ether oxygens (including phenoxy) is 3. The normalized spacial score (nSPS) is 11.2. The van der Waals surface area contributed by atoms with Gasteiger partial charge in [-0.1, -0.05) is 38.8 Å². The van der Waals surface area contributed by atoms with Crippen molar-refractivity contribution < 1.29 is 18.6 Å². The standard InChI is InChI=1S/C30H41NO5/c1-5-7-18-31(19-8-6-2)20-12-9-13-21-35-30-28(32)24-14-10-11-15-25(24)36-29(30)23-16-17-26(33-3)27(22-23)34-4/h10-11,14-17,22H,5-9,12-13,18-21H2,1-4H3. The van der Waals surface area contributed by atoms with E-state index in [4.69, 9.17) is 18.6 Å². The molecule has 6 nitrogen and oxygen atoms in total. The van der Waals surface area contributed by atoms with Crippen LogP contribution in [0.3, 0.4) is 0 Å². The lowest BCUT2D eigenvalue weighted by Crippen LogP contribution is -2.27. The van der Waals surface area contributed by atoms with Gasteiger partial charge < -0.3 is 23.5 Å². The molecule has 0 aliphatic rings. The van der Waals surface area contributed by atoms with E-state index in [0.29, 0.717) is 40.4 Å². The molecule has 1 aromatic heterocycles. The summed E-state index contributed by atoms with van der Waals surface area (Å²) in [5.41, 5.74) is 1.07. The third kappa shape index (κ3) is 7.26. The average Bonchev–Trinajstić information content (AvgIpc) is 2.92. The molecule has 6 heteroatoms. The Balaban J connectivity index is 1.72. The van der Waals surface area contributed by atoms with Crippen LogP contribution in [0, 0.1) is 0 Å². The Hall–Kier alpha value is -2.99. The highest BCUT2D eigenvalue weighted by atomic mass is 16.5. The number of rotatable bonds is 16. The Morgan fingerprint density at radius 2 is 1.50 bits per heavy atom. The third-order valence-electron chi connectivity index (χ3n) is 6.42. The summed E-state index contributed by atoms with van der Waals surface area (Å²) in [6, 6.07) is 12.7. The second kappa shape index (κ2) is 14.5. The molecule has 1 heterocycles. The molecule has 0 amide bonds. The second-order valence-electron chi connectivity index (χ2n) is 9.11. The van der Waals surface area contributed by atoms with Crippen molar-refractivity contribution in [2.45, 2.75) is 58.8 Å². The van der Waals surface area contributed by atoms with Gasteiger partial charge in [-0.05, 0) is 82.1 Å². The molecule has 0 saturated heterocycles. The predicted octanol–water partition coefficient (Wildman–Crippen LogP) is 6.93. The number of para-hydroxylation sites is 1. The lowest BCUT2D eigenvalue weighted by atomic mass is 10.1. The maximum atomic E-state index is 13.4. The number of hydrogen-bond acceptors (Lipinski definition) is 6. The maximum Gasteiger partial charge on any atom is 0.235 e. The molecule has 3 rings (SSSR count). The van der Waals surface area contributed by atoms with E-state index < -0.39 is 0 Å². The van der Waals surface area contributed by atoms with Crippen LogP contribution in [0.4, 0.5) is 0 Å². The summed E-state index contributed by atoms with van der Waals surface area (Å²) in [5, 5.41) is 0.513. The molecule has 0 aliphatic carbocycles. The molecule has 0 spiro atoms. The van der Waals surface area contributed by atoms with Crippen LogP contribution >= 0.6 is 0 Å². The van der Waals surface area contributed by atoms with Crippen LogP contribution in [-0.2, 0) is 0 Å². The molecule has 0 saturated carbocycles. The van der Waals surface area contributed by atoms with Crippen molar-refractivity contribution in [3.63, 3.8) is 0 Å². The van der Waals surface area contributed by atoms with Gasteiger partial charge in [0.15, 0.2) is 17.3 Å². The quantitative estimate of drug-likeness (QED) is 0.201. The Morgan fingerprint density at radius 3 is 2.19 bits per heavy atom. The van der Waals surface area contributed by atoms with Crippen molar-refractivity contribution >= 4 is 11.0 Å². The molecule has 0 atom stereocenters. The summed E-state index contributed by atoms with van der Waals surface area (Å²) >= 11 is 0. The minimum atomic E-state index is -0.160. The van der Waals surface area contributed by atoms with Crippen LogP contribution in [0.5, 0.6) is 17.2 Å². The number of benzene rings is 2. The lowest BCUT2D eigenvalue weighted by molar-refractivity contribution is 0.251. The van der Waals surface area contributed by atoms with Crippen LogP contribution in [0.15, 0.2) is 51.7 Å². The van der Waals surface area contributed by atoms with E-state index in [1.54, 1.807) is 38.5 Å². The van der Waals surface area contributed by atoms with Gasteiger partial charge in [0.2, 0.25) is 11.2 Å². The first-order valence-electron chi connectivity index (χ1n) is 13.3. The average molecular weight is 496 g/mol. The van der Waals surface area contributed by atoms with Gasteiger partial charge in [-0.25, -0.2) is 0 Å². The predicted molar refractivity (Wildman–Crippen MR) is 147 cm³/mol. The fourth-order valence-corrected chi connectivity index (χ4v) is 4.31. The molecule has 0 aliphatic heterocycles. The van der Waals surface area contributed by atoms with Crippen molar-refractivity contribution in [1.82, 2.24) is 4.90 Å². The highest BCUT2D eigenvalue weighted by molar-refractivity contribution is 5.82. The molecule has 196 valence electrons. The molecule has 2 aromatic carbocycles. The Bertz CT molecular complexity index is 1130. The lowest BCUT2D eigenvalue weighted by Gasteiger charge is -2.21. The van der Waals surface area contributed by atoms with E-state index in [1.807, 2.05) is 18.2 Å². The largest absolute Gasteiger partial charge is 0.493 e. The van der Waals surface area contributed by atoms with Gasteiger partial charge in [-0.15, -0.1) is 0 Å². The minimum Gasteiger partial charge on any atom is -0.493 e. The minimum absolute atomic E-state index is 0.160. The highest BCUT2D eigenvalue weighted by Crippen LogP contribution is 2.36. The second-order valence-corrected chi connectivity index (χ2v) is 9.11. The van der Waals surface area contributed by atoms with Gasteiger partial charge in [-0.3, -0.25) is 4.79 Å². The summed E-state index contributed by atoms with van der Waals surface area (Å²) in [7, 11) is 3.18. The Labute approximate surface area is 215 Å². The smallest absolute Gasteiger partial charge is 0.235 e. The first kappa shape index (κ1) is 27.6. The first-order chi connectivity index (χ1) is 17.6. The summed E-state index contributed by atoms with van der Waals surface area (Å²) < 4.78 is 23.1. The number of methoxy groups -OCH3 is 2. The van der Waals surface area contributed by atoms with Gasteiger partial charge >= 0.3 is 0 Å². The first-order valence-corrected chi connectivity index (χ1v) is 13.3. The zero-order valence-corrected chi connectivity index (χ0v) is 22.3. The van der Waals surface area contributed by atoms with Gasteiger partial charge in [0.25, 0.3) is 0 Å². The van der Waals surface area contributed by atoms with Crippen molar-refractivity contribution in [3.8, 4) is 28.6 Å². The van der Waals surface area contributed by atoms with Crippen LogP contribution in [0.2, 0.25) is 0 Å². The number of nitrogens with zero attached hydrogens (tertiary/aromatic N) is 1. The molecular weight excluding hydrogens is 454 g/mol. The van der Waals surface area contributed by atoms with Crippen molar-refractivity contribution in [2.24, 2.45) is 0 Å². The summed E-state index contributed by atoms with van der Waals surface area (Å²) in [4.78, 5) is 15.9. The van der Waals surface area contributed by atoms with Crippen LogP contribution in [0.25, 0.3) is 22.3 Å². The monoisotopic (exact) mass is 495 g/mol. The van der Waals surface area contributed by atoms with E-state index in [9.17, 15) is 4.79 Å². The Kier molecular flexibility index (Phi) is 11.1. The highest BCUT2D eigenvalue weighted by Gasteiger charge is 2.19. The fraction of sp³-hybridized carbons (Fsp3) is 0.500. The van der Waals surface area contributed by atoms with Gasteiger partial charge in [0.1, 0.15) is 5.58 Å². The number of hydrogen-bond donors (Lipinski definition) is 0. The number of fused-ring (bicyclic) bond motifs is 1. The molecule has 0 radical (unpaired) electrons. The van der Waals surface area contributed by atoms with Crippen molar-refractivity contribution in [1.29, 1.82) is 0 Å². The van der Waals surface area contributed by atoms with E-state index >= 15 is 0 Å². The molecular formula is C30H41NO5. The van der Waals surface area contributed by atoms with Crippen LogP contribution in [0.1, 0.15) is 58.8 Å². The molecule has 0 unspecified atom stereocenters. The molecule has 3 aromatic rings. The van der Waals surface area contributed by atoms with Gasteiger partial charge in [-0.2, -0.15) is 0 Å². The maximum absolute atomic E-state index is 13.4. The third-order valence-corrected chi connectivity index (χ3v) is 6.42. The summed E-state index contributed by atoms with van der Waals surface area (Å²) in [6.45, 7) is 8.44. The molecule has 0 N–H and O–H groups in total. The van der Waals surface area contributed by atoms with Crippen molar-refractivity contribution in [2.75, 3.05) is 40.5 Å². The molecule has 0 bridgehead atoms. The fourth-order valence-electron chi connectivity index (χ4n) is 4.31. The van der Waals surface area contributed by atoms with Crippen LogP contribution < -0.4 is 19.6 Å². The van der Waals surface area contributed by atoms with Gasteiger partial charge in [0.05, 0.1) is 26.2 Å².